The van der Waals surface area contributed by atoms with Gasteiger partial charge in [0.1, 0.15) is 11.6 Å². The second kappa shape index (κ2) is 10.6. The van der Waals surface area contributed by atoms with E-state index < -0.39 is 17.5 Å². The third kappa shape index (κ3) is 5.28. The van der Waals surface area contributed by atoms with Crippen LogP contribution in [0.4, 0.5) is 24.7 Å². The average Bonchev–Trinajstić information content (AvgIpc) is 3.03. The number of carbonyl (C=O) groups is 1. The Morgan fingerprint density at radius 2 is 1.85 bits per heavy atom. The molecule has 34 heavy (non-hydrogen) atoms. The molecule has 2 aromatic rings. The van der Waals surface area contributed by atoms with Crippen LogP contribution >= 0.6 is 0 Å². The molecule has 1 saturated heterocycles. The topological polar surface area (TPSA) is 63.7 Å². The van der Waals surface area contributed by atoms with Crippen molar-refractivity contribution in [2.24, 2.45) is 0 Å². The number of benzene rings is 1. The van der Waals surface area contributed by atoms with E-state index in [9.17, 15) is 18.0 Å². The van der Waals surface area contributed by atoms with Crippen molar-refractivity contribution >= 4 is 17.4 Å². The smallest absolute Gasteiger partial charge is 0.253 e. The van der Waals surface area contributed by atoms with Crippen LogP contribution < -0.4 is 15.5 Å². The SMILES string of the molecule is Cc1c(C(=O)NCCN2CCN(C)CC2)cnc2c1N(Cc1c(F)ccc(F)c1F)CCCN2. The van der Waals surface area contributed by atoms with Crippen molar-refractivity contribution in [2.75, 3.05) is 69.6 Å². The Balaban J connectivity index is 1.52. The Bertz CT molecular complexity index is 1040. The van der Waals surface area contributed by atoms with Gasteiger partial charge < -0.3 is 20.4 Å². The summed E-state index contributed by atoms with van der Waals surface area (Å²) < 4.78 is 42.5. The van der Waals surface area contributed by atoms with Gasteiger partial charge in [-0.15, -0.1) is 0 Å². The fraction of sp³-hybridized carbons (Fsp3) is 0.500. The number of rotatable bonds is 6. The largest absolute Gasteiger partial charge is 0.368 e. The van der Waals surface area contributed by atoms with Crippen LogP contribution in [0.15, 0.2) is 18.3 Å². The summed E-state index contributed by atoms with van der Waals surface area (Å²) in [4.78, 5) is 23.8. The van der Waals surface area contributed by atoms with Gasteiger partial charge in [0.05, 0.1) is 11.3 Å². The van der Waals surface area contributed by atoms with Crippen molar-refractivity contribution in [1.82, 2.24) is 20.1 Å². The van der Waals surface area contributed by atoms with E-state index in [1.807, 2.05) is 0 Å². The molecule has 3 heterocycles. The molecule has 0 unspecified atom stereocenters. The molecule has 0 radical (unpaired) electrons. The number of halogens is 3. The first-order valence-electron chi connectivity index (χ1n) is 11.6. The van der Waals surface area contributed by atoms with Gasteiger partial charge in [0.2, 0.25) is 0 Å². The summed E-state index contributed by atoms with van der Waals surface area (Å²) in [6.07, 6.45) is 2.22. The maximum Gasteiger partial charge on any atom is 0.253 e. The molecule has 2 N–H and O–H groups in total. The molecule has 0 saturated carbocycles. The van der Waals surface area contributed by atoms with Crippen molar-refractivity contribution in [3.05, 3.63) is 52.5 Å². The highest BCUT2D eigenvalue weighted by Crippen LogP contribution is 2.34. The van der Waals surface area contributed by atoms with Crippen molar-refractivity contribution in [3.63, 3.8) is 0 Å². The summed E-state index contributed by atoms with van der Waals surface area (Å²) >= 11 is 0. The van der Waals surface area contributed by atoms with Gasteiger partial charge in [-0.25, -0.2) is 18.2 Å². The van der Waals surface area contributed by atoms with Crippen molar-refractivity contribution in [3.8, 4) is 0 Å². The second-order valence-electron chi connectivity index (χ2n) is 8.92. The van der Waals surface area contributed by atoms with Gasteiger partial charge in [0.25, 0.3) is 5.91 Å². The third-order valence-electron chi connectivity index (χ3n) is 6.56. The summed E-state index contributed by atoms with van der Waals surface area (Å²) in [6.45, 7) is 7.99. The highest BCUT2D eigenvalue weighted by molar-refractivity contribution is 5.98. The van der Waals surface area contributed by atoms with Gasteiger partial charge >= 0.3 is 0 Å². The Labute approximate surface area is 197 Å². The quantitative estimate of drug-likeness (QED) is 0.625. The molecule has 10 heteroatoms. The number of nitrogens with zero attached hydrogens (tertiary/aromatic N) is 4. The first-order chi connectivity index (χ1) is 16.3. The van der Waals surface area contributed by atoms with E-state index in [0.29, 0.717) is 48.7 Å². The number of carbonyl (C=O) groups excluding carboxylic acids is 1. The molecule has 1 fully saturated rings. The Morgan fingerprint density at radius 3 is 2.62 bits per heavy atom. The highest BCUT2D eigenvalue weighted by Gasteiger charge is 2.25. The minimum absolute atomic E-state index is 0.166. The van der Waals surface area contributed by atoms with Gasteiger partial charge in [0.15, 0.2) is 11.6 Å². The average molecular weight is 477 g/mol. The van der Waals surface area contributed by atoms with E-state index in [-0.39, 0.29) is 18.0 Å². The first-order valence-corrected chi connectivity index (χ1v) is 11.6. The monoisotopic (exact) mass is 476 g/mol. The molecule has 2 aliphatic rings. The van der Waals surface area contributed by atoms with Crippen LogP contribution in [0.3, 0.4) is 0 Å². The second-order valence-corrected chi connectivity index (χ2v) is 8.92. The zero-order valence-corrected chi connectivity index (χ0v) is 19.6. The lowest BCUT2D eigenvalue weighted by atomic mass is 10.1. The minimum Gasteiger partial charge on any atom is -0.368 e. The molecule has 1 aromatic heterocycles. The predicted octanol–water partition coefficient (Wildman–Crippen LogP) is 2.61. The maximum absolute atomic E-state index is 14.4. The molecule has 1 amide bonds. The van der Waals surface area contributed by atoms with Gasteiger partial charge in [-0.1, -0.05) is 0 Å². The zero-order chi connectivity index (χ0) is 24.2. The highest BCUT2D eigenvalue weighted by atomic mass is 19.2. The Hall–Kier alpha value is -2.85. The zero-order valence-electron chi connectivity index (χ0n) is 19.6. The molecule has 0 spiro atoms. The predicted molar refractivity (Wildman–Crippen MR) is 126 cm³/mol. The van der Waals surface area contributed by atoms with Crippen LogP contribution in [-0.4, -0.2) is 80.1 Å². The fourth-order valence-corrected chi connectivity index (χ4v) is 4.48. The van der Waals surface area contributed by atoms with E-state index in [1.165, 1.54) is 6.20 Å². The molecular weight excluding hydrogens is 445 g/mol. The number of piperazine rings is 1. The number of hydrogen-bond acceptors (Lipinski definition) is 6. The van der Waals surface area contributed by atoms with Crippen LogP contribution in [-0.2, 0) is 6.54 Å². The Morgan fingerprint density at radius 1 is 1.12 bits per heavy atom. The molecule has 1 aromatic carbocycles. The molecule has 2 aliphatic heterocycles. The van der Waals surface area contributed by atoms with Gasteiger partial charge in [0, 0.05) is 70.7 Å². The van der Waals surface area contributed by atoms with E-state index in [4.69, 9.17) is 0 Å². The number of fused-ring (bicyclic) bond motifs is 1. The molecule has 4 rings (SSSR count). The molecule has 0 atom stereocenters. The van der Waals surface area contributed by atoms with Gasteiger partial charge in [-0.05, 0) is 38.1 Å². The van der Waals surface area contributed by atoms with E-state index >= 15 is 0 Å². The van der Waals surface area contributed by atoms with Crippen molar-refractivity contribution in [2.45, 2.75) is 19.9 Å². The summed E-state index contributed by atoms with van der Waals surface area (Å²) in [5.41, 5.74) is 1.33. The van der Waals surface area contributed by atoms with Crippen LogP contribution in [0.1, 0.15) is 27.9 Å². The standard InChI is InChI=1S/C24H31F3N6O/c1-16-17(24(34)29-7-9-32-12-10-31(2)11-13-32)14-30-23-22(16)33(8-3-6-28-23)15-18-19(25)4-5-20(26)21(18)27/h4-5,14H,3,6-13,15H2,1-2H3,(H,28,30)(H,29,34). The van der Waals surface area contributed by atoms with Crippen LogP contribution in [0.2, 0.25) is 0 Å². The normalized spacial score (nSPS) is 17.1. The van der Waals surface area contributed by atoms with E-state index in [1.54, 1.807) is 11.8 Å². The lowest BCUT2D eigenvalue weighted by molar-refractivity contribution is 0.0940. The number of anilines is 2. The van der Waals surface area contributed by atoms with Gasteiger partial charge in [-0.3, -0.25) is 9.69 Å². The third-order valence-corrected chi connectivity index (χ3v) is 6.56. The lowest BCUT2D eigenvalue weighted by Gasteiger charge is -2.32. The number of pyridine rings is 1. The van der Waals surface area contributed by atoms with E-state index in [2.05, 4.69) is 32.5 Å². The number of nitrogens with one attached hydrogen (secondary N) is 2. The number of likely N-dealkylation sites (N-methyl/N-ethyl adjacent to an activating group) is 1. The number of aromatic nitrogens is 1. The lowest BCUT2D eigenvalue weighted by Crippen LogP contribution is -2.47. The minimum atomic E-state index is -1.19. The van der Waals surface area contributed by atoms with Crippen LogP contribution in [0.25, 0.3) is 0 Å². The molecule has 7 nitrogen and oxygen atoms in total. The molecular formula is C24H31F3N6O. The van der Waals surface area contributed by atoms with E-state index in [0.717, 1.165) is 44.9 Å². The van der Waals surface area contributed by atoms with Crippen LogP contribution in [0.5, 0.6) is 0 Å². The maximum atomic E-state index is 14.4. The van der Waals surface area contributed by atoms with Crippen molar-refractivity contribution < 1.29 is 18.0 Å². The molecule has 0 aliphatic carbocycles. The number of hydrogen-bond donors (Lipinski definition) is 2. The van der Waals surface area contributed by atoms with Crippen molar-refractivity contribution in [1.29, 1.82) is 0 Å². The number of amides is 1. The molecule has 0 bridgehead atoms. The van der Waals surface area contributed by atoms with Gasteiger partial charge in [-0.2, -0.15) is 0 Å². The fourth-order valence-electron chi connectivity index (χ4n) is 4.48. The first kappa shape index (κ1) is 24.3. The Kier molecular flexibility index (Phi) is 7.57. The molecule has 184 valence electrons. The summed E-state index contributed by atoms with van der Waals surface area (Å²) in [5.74, 6) is -2.79. The summed E-state index contributed by atoms with van der Waals surface area (Å²) in [7, 11) is 2.10. The summed E-state index contributed by atoms with van der Waals surface area (Å²) in [5, 5.41) is 6.19. The summed E-state index contributed by atoms with van der Waals surface area (Å²) in [6, 6.07) is 1.71. The van der Waals surface area contributed by atoms with Crippen LogP contribution in [0, 0.1) is 24.4 Å².